The van der Waals surface area contributed by atoms with Crippen molar-refractivity contribution in [2.45, 2.75) is 44.8 Å². The van der Waals surface area contributed by atoms with Gasteiger partial charge < -0.3 is 10.1 Å². The van der Waals surface area contributed by atoms with E-state index in [1.807, 2.05) is 24.4 Å². The first-order valence-electron chi connectivity index (χ1n) is 7.57. The maximum absolute atomic E-state index is 6.06. The van der Waals surface area contributed by atoms with E-state index in [0.29, 0.717) is 6.04 Å². The monoisotopic (exact) mass is 270 g/mol. The summed E-state index contributed by atoms with van der Waals surface area (Å²) in [6, 6.07) is 10.8. The number of hydrogen-bond donors (Lipinski definition) is 1. The van der Waals surface area contributed by atoms with Gasteiger partial charge in [-0.15, -0.1) is 0 Å². The van der Waals surface area contributed by atoms with Gasteiger partial charge in [-0.1, -0.05) is 31.0 Å². The lowest BCUT2D eigenvalue weighted by molar-refractivity contribution is 0.213. The van der Waals surface area contributed by atoms with E-state index in [1.165, 1.54) is 25.7 Å². The number of rotatable bonds is 5. The summed E-state index contributed by atoms with van der Waals surface area (Å²) in [5, 5.41) is 4.73. The lowest BCUT2D eigenvalue weighted by Crippen LogP contribution is -2.35. The molecule has 1 aliphatic rings. The summed E-state index contributed by atoms with van der Waals surface area (Å²) in [6.07, 6.45) is 7.31. The third-order valence-electron chi connectivity index (χ3n) is 3.97. The van der Waals surface area contributed by atoms with Gasteiger partial charge in [0.25, 0.3) is 0 Å². The van der Waals surface area contributed by atoms with Gasteiger partial charge >= 0.3 is 0 Å². The molecule has 2 aromatic rings. The molecule has 0 spiro atoms. The van der Waals surface area contributed by atoms with Crippen LogP contribution in [0, 0.1) is 0 Å². The van der Waals surface area contributed by atoms with E-state index >= 15 is 0 Å². The van der Waals surface area contributed by atoms with E-state index in [2.05, 4.69) is 29.4 Å². The largest absolute Gasteiger partial charge is 0.487 e. The summed E-state index contributed by atoms with van der Waals surface area (Å²) in [5.41, 5.74) is 0.947. The third kappa shape index (κ3) is 3.10. The van der Waals surface area contributed by atoms with Crippen LogP contribution in [0.5, 0.6) is 5.75 Å². The van der Waals surface area contributed by atoms with Gasteiger partial charge in [-0.05, 0) is 31.9 Å². The molecule has 20 heavy (non-hydrogen) atoms. The summed E-state index contributed by atoms with van der Waals surface area (Å²) in [5.74, 6) is 0.879. The second kappa shape index (κ2) is 6.23. The van der Waals surface area contributed by atoms with Gasteiger partial charge in [-0.3, -0.25) is 4.98 Å². The molecule has 0 radical (unpaired) electrons. The molecule has 3 heteroatoms. The molecule has 1 aromatic heterocycles. The van der Waals surface area contributed by atoms with Gasteiger partial charge in [0.1, 0.15) is 17.4 Å². The van der Waals surface area contributed by atoms with Crippen LogP contribution in [-0.2, 0) is 0 Å². The topological polar surface area (TPSA) is 34.1 Å². The minimum absolute atomic E-state index is 0.156. The van der Waals surface area contributed by atoms with Gasteiger partial charge in [0.05, 0.1) is 0 Å². The summed E-state index contributed by atoms with van der Waals surface area (Å²) >= 11 is 0. The standard InChI is InChI=1S/C17H22N2O/c1-13(12-19-15-8-2-3-9-15)20-16-10-4-6-14-7-5-11-18-17(14)16/h4-7,10-11,13,15,19H,2-3,8-9,12H2,1H3. The fourth-order valence-corrected chi connectivity index (χ4v) is 2.89. The minimum atomic E-state index is 0.156. The molecule has 1 saturated carbocycles. The number of nitrogens with one attached hydrogen (secondary N) is 1. The highest BCUT2D eigenvalue weighted by Crippen LogP contribution is 2.24. The summed E-state index contributed by atoms with van der Waals surface area (Å²) in [4.78, 5) is 4.43. The Hall–Kier alpha value is -1.61. The Labute approximate surface area is 120 Å². The first kappa shape index (κ1) is 13.4. The number of nitrogens with zero attached hydrogens (tertiary/aromatic N) is 1. The minimum Gasteiger partial charge on any atom is -0.487 e. The smallest absolute Gasteiger partial charge is 0.145 e. The molecule has 3 nitrogen and oxygen atoms in total. The maximum atomic E-state index is 6.06. The Bertz CT molecular complexity index is 558. The SMILES string of the molecule is CC(CNC1CCCC1)Oc1cccc2cccnc12. The Morgan fingerprint density at radius 2 is 2.05 bits per heavy atom. The van der Waals surface area contributed by atoms with E-state index < -0.39 is 0 Å². The van der Waals surface area contributed by atoms with Crippen molar-refractivity contribution in [3.8, 4) is 5.75 Å². The lowest BCUT2D eigenvalue weighted by atomic mass is 10.2. The summed E-state index contributed by atoms with van der Waals surface area (Å²) in [7, 11) is 0. The van der Waals surface area contributed by atoms with E-state index in [0.717, 1.165) is 23.2 Å². The summed E-state index contributed by atoms with van der Waals surface area (Å²) in [6.45, 7) is 3.01. The molecular formula is C17H22N2O. The molecule has 106 valence electrons. The Morgan fingerprint density at radius 1 is 1.25 bits per heavy atom. The molecule has 1 unspecified atom stereocenters. The fraction of sp³-hybridized carbons (Fsp3) is 0.471. The van der Waals surface area contributed by atoms with Crippen LogP contribution in [0.3, 0.4) is 0 Å². The van der Waals surface area contributed by atoms with Crippen LogP contribution in [-0.4, -0.2) is 23.7 Å². The number of aromatic nitrogens is 1. The molecule has 0 bridgehead atoms. The highest BCUT2D eigenvalue weighted by Gasteiger charge is 2.15. The Morgan fingerprint density at radius 3 is 2.90 bits per heavy atom. The molecule has 1 aliphatic carbocycles. The van der Waals surface area contributed by atoms with Crippen molar-refractivity contribution in [2.24, 2.45) is 0 Å². The number of fused-ring (bicyclic) bond motifs is 1. The molecule has 0 saturated heterocycles. The van der Waals surface area contributed by atoms with Crippen molar-refractivity contribution in [2.75, 3.05) is 6.54 Å². The van der Waals surface area contributed by atoms with Gasteiger partial charge in [-0.2, -0.15) is 0 Å². The van der Waals surface area contributed by atoms with E-state index in [-0.39, 0.29) is 6.10 Å². The van der Waals surface area contributed by atoms with Crippen molar-refractivity contribution in [3.05, 3.63) is 36.5 Å². The number of benzene rings is 1. The zero-order valence-electron chi connectivity index (χ0n) is 12.0. The van der Waals surface area contributed by atoms with Crippen molar-refractivity contribution >= 4 is 10.9 Å². The number of pyridine rings is 1. The molecule has 3 rings (SSSR count). The van der Waals surface area contributed by atoms with Crippen LogP contribution in [0.2, 0.25) is 0 Å². The number of ether oxygens (including phenoxy) is 1. The lowest BCUT2D eigenvalue weighted by Gasteiger charge is -2.19. The highest BCUT2D eigenvalue weighted by molar-refractivity contribution is 5.84. The predicted octanol–water partition coefficient (Wildman–Crippen LogP) is 3.53. The van der Waals surface area contributed by atoms with E-state index in [4.69, 9.17) is 4.74 Å². The zero-order chi connectivity index (χ0) is 13.8. The van der Waals surface area contributed by atoms with E-state index in [9.17, 15) is 0 Å². The normalized spacial score (nSPS) is 17.4. The van der Waals surface area contributed by atoms with E-state index in [1.54, 1.807) is 0 Å². The maximum Gasteiger partial charge on any atom is 0.145 e. The molecule has 1 heterocycles. The number of para-hydroxylation sites is 1. The molecule has 0 amide bonds. The zero-order valence-corrected chi connectivity index (χ0v) is 12.0. The predicted molar refractivity (Wildman–Crippen MR) is 82.1 cm³/mol. The van der Waals surface area contributed by atoms with Crippen LogP contribution in [0.25, 0.3) is 10.9 Å². The third-order valence-corrected chi connectivity index (χ3v) is 3.97. The van der Waals surface area contributed by atoms with Crippen molar-refractivity contribution in [1.82, 2.24) is 10.3 Å². The first-order chi connectivity index (χ1) is 9.83. The molecule has 1 fully saturated rings. The second-order valence-corrected chi connectivity index (χ2v) is 5.65. The van der Waals surface area contributed by atoms with Gasteiger partial charge in [0.15, 0.2) is 0 Å². The van der Waals surface area contributed by atoms with Crippen molar-refractivity contribution in [3.63, 3.8) is 0 Å². The summed E-state index contributed by atoms with van der Waals surface area (Å²) < 4.78 is 6.06. The molecule has 1 aromatic carbocycles. The van der Waals surface area contributed by atoms with Gasteiger partial charge in [0.2, 0.25) is 0 Å². The molecule has 1 atom stereocenters. The van der Waals surface area contributed by atoms with Crippen molar-refractivity contribution < 1.29 is 4.74 Å². The molecule has 0 aliphatic heterocycles. The highest BCUT2D eigenvalue weighted by atomic mass is 16.5. The number of hydrogen-bond acceptors (Lipinski definition) is 3. The van der Waals surface area contributed by atoms with Crippen molar-refractivity contribution in [1.29, 1.82) is 0 Å². The quantitative estimate of drug-likeness (QED) is 0.902. The van der Waals surface area contributed by atoms with Crippen LogP contribution >= 0.6 is 0 Å². The van der Waals surface area contributed by atoms with Crippen LogP contribution in [0.4, 0.5) is 0 Å². The van der Waals surface area contributed by atoms with Crippen LogP contribution in [0.15, 0.2) is 36.5 Å². The first-order valence-corrected chi connectivity index (χ1v) is 7.57. The Kier molecular flexibility index (Phi) is 4.16. The second-order valence-electron chi connectivity index (χ2n) is 5.65. The average molecular weight is 270 g/mol. The fourth-order valence-electron chi connectivity index (χ4n) is 2.89. The van der Waals surface area contributed by atoms with Gasteiger partial charge in [0, 0.05) is 24.2 Å². The van der Waals surface area contributed by atoms with Crippen LogP contribution in [0.1, 0.15) is 32.6 Å². The van der Waals surface area contributed by atoms with Gasteiger partial charge in [-0.25, -0.2) is 0 Å². The molecule has 1 N–H and O–H groups in total. The average Bonchev–Trinajstić information content (AvgIpc) is 2.99. The Balaban J connectivity index is 1.63. The molecular weight excluding hydrogens is 248 g/mol. The van der Waals surface area contributed by atoms with Crippen LogP contribution < -0.4 is 10.1 Å².